The zero-order chi connectivity index (χ0) is 21.5. The molecule has 0 N–H and O–H groups in total. The summed E-state index contributed by atoms with van der Waals surface area (Å²) in [5.41, 5.74) is 2.08. The summed E-state index contributed by atoms with van der Waals surface area (Å²) in [5, 5.41) is 12.2. The van der Waals surface area contributed by atoms with Crippen LogP contribution in [-0.2, 0) is 17.9 Å². The SMILES string of the molecule is CCCCn1nnnc1CN1CCN(C(=O)C(c2ccccc2)c2ccccc2)CC1. The minimum absolute atomic E-state index is 0.171. The van der Waals surface area contributed by atoms with E-state index in [0.29, 0.717) is 13.1 Å². The van der Waals surface area contributed by atoms with Crippen LogP contribution in [0.4, 0.5) is 0 Å². The molecule has 31 heavy (non-hydrogen) atoms. The van der Waals surface area contributed by atoms with E-state index < -0.39 is 0 Å². The van der Waals surface area contributed by atoms with Crippen molar-refractivity contribution in [1.29, 1.82) is 0 Å². The molecular formula is C24H30N6O. The number of rotatable bonds is 8. The van der Waals surface area contributed by atoms with Gasteiger partial charge in [0.2, 0.25) is 5.91 Å². The summed E-state index contributed by atoms with van der Waals surface area (Å²) in [5.74, 6) is 0.805. The fourth-order valence-corrected chi connectivity index (χ4v) is 4.10. The molecule has 0 saturated carbocycles. The molecule has 0 spiro atoms. The number of nitrogens with zero attached hydrogens (tertiary/aromatic N) is 6. The average molecular weight is 419 g/mol. The van der Waals surface area contributed by atoms with Crippen molar-refractivity contribution in [1.82, 2.24) is 30.0 Å². The molecule has 162 valence electrons. The highest BCUT2D eigenvalue weighted by Crippen LogP contribution is 2.27. The smallest absolute Gasteiger partial charge is 0.234 e. The third kappa shape index (κ3) is 5.17. The number of amides is 1. The van der Waals surface area contributed by atoms with Crippen molar-refractivity contribution in [2.45, 2.75) is 38.8 Å². The fourth-order valence-electron chi connectivity index (χ4n) is 4.10. The number of hydrogen-bond acceptors (Lipinski definition) is 5. The number of tetrazole rings is 1. The van der Waals surface area contributed by atoms with Crippen molar-refractivity contribution in [3.63, 3.8) is 0 Å². The first-order chi connectivity index (χ1) is 15.3. The summed E-state index contributed by atoms with van der Waals surface area (Å²) in [4.78, 5) is 17.9. The second-order valence-electron chi connectivity index (χ2n) is 8.03. The zero-order valence-electron chi connectivity index (χ0n) is 18.1. The van der Waals surface area contributed by atoms with Gasteiger partial charge in [-0.2, -0.15) is 0 Å². The number of unbranched alkanes of at least 4 members (excludes halogenated alkanes) is 1. The Kier molecular flexibility index (Phi) is 7.04. The van der Waals surface area contributed by atoms with Gasteiger partial charge in [-0.1, -0.05) is 74.0 Å². The third-order valence-corrected chi connectivity index (χ3v) is 5.89. The van der Waals surface area contributed by atoms with Crippen molar-refractivity contribution < 1.29 is 4.79 Å². The Morgan fingerprint density at radius 2 is 1.55 bits per heavy atom. The molecule has 1 aliphatic rings. The Labute approximate surface area is 183 Å². The van der Waals surface area contributed by atoms with Crippen LogP contribution in [0.25, 0.3) is 0 Å². The molecule has 3 aromatic rings. The van der Waals surface area contributed by atoms with Gasteiger partial charge < -0.3 is 4.90 Å². The fraction of sp³-hybridized carbons (Fsp3) is 0.417. The third-order valence-electron chi connectivity index (χ3n) is 5.89. The summed E-state index contributed by atoms with van der Waals surface area (Å²) in [6.07, 6.45) is 2.19. The highest BCUT2D eigenvalue weighted by atomic mass is 16.2. The molecular weight excluding hydrogens is 388 g/mol. The van der Waals surface area contributed by atoms with E-state index in [1.165, 1.54) is 0 Å². The first-order valence-electron chi connectivity index (χ1n) is 11.1. The van der Waals surface area contributed by atoms with Gasteiger partial charge in [0, 0.05) is 32.7 Å². The van der Waals surface area contributed by atoms with Crippen molar-refractivity contribution in [2.75, 3.05) is 26.2 Å². The molecule has 0 radical (unpaired) electrons. The van der Waals surface area contributed by atoms with E-state index in [1.807, 2.05) is 70.2 Å². The number of benzene rings is 2. The topological polar surface area (TPSA) is 67.2 Å². The molecule has 1 amide bonds. The van der Waals surface area contributed by atoms with Crippen molar-refractivity contribution in [3.05, 3.63) is 77.6 Å². The molecule has 4 rings (SSSR count). The Morgan fingerprint density at radius 3 is 2.13 bits per heavy atom. The molecule has 1 fully saturated rings. The van der Waals surface area contributed by atoms with Gasteiger partial charge in [0.1, 0.15) is 0 Å². The van der Waals surface area contributed by atoms with Crippen LogP contribution >= 0.6 is 0 Å². The highest BCUT2D eigenvalue weighted by molar-refractivity contribution is 5.87. The molecule has 0 atom stereocenters. The van der Waals surface area contributed by atoms with E-state index in [0.717, 1.165) is 56.0 Å². The lowest BCUT2D eigenvalue weighted by Gasteiger charge is -2.36. The van der Waals surface area contributed by atoms with Crippen LogP contribution < -0.4 is 0 Å². The molecule has 2 heterocycles. The van der Waals surface area contributed by atoms with Gasteiger partial charge in [-0.05, 0) is 28.0 Å². The molecule has 1 saturated heterocycles. The van der Waals surface area contributed by atoms with Crippen LogP contribution in [0.5, 0.6) is 0 Å². The Morgan fingerprint density at radius 1 is 0.935 bits per heavy atom. The Balaban J connectivity index is 1.41. The van der Waals surface area contributed by atoms with E-state index in [1.54, 1.807) is 0 Å². The number of aryl methyl sites for hydroxylation is 1. The maximum Gasteiger partial charge on any atom is 0.234 e. The molecule has 0 bridgehead atoms. The van der Waals surface area contributed by atoms with Gasteiger partial charge in [0.15, 0.2) is 5.82 Å². The highest BCUT2D eigenvalue weighted by Gasteiger charge is 2.30. The second-order valence-corrected chi connectivity index (χ2v) is 8.03. The summed E-state index contributed by atoms with van der Waals surface area (Å²) in [7, 11) is 0. The lowest BCUT2D eigenvalue weighted by Crippen LogP contribution is -2.50. The number of piperazine rings is 1. The Bertz CT molecular complexity index is 911. The van der Waals surface area contributed by atoms with Gasteiger partial charge in [-0.25, -0.2) is 4.68 Å². The largest absolute Gasteiger partial charge is 0.339 e. The van der Waals surface area contributed by atoms with Gasteiger partial charge in [-0.15, -0.1) is 5.10 Å². The quantitative estimate of drug-likeness (QED) is 0.563. The standard InChI is InChI=1S/C24H30N6O/c1-2-3-14-30-22(25-26-27-30)19-28-15-17-29(18-16-28)24(31)23(20-10-6-4-7-11-20)21-12-8-5-9-13-21/h4-13,23H,2-3,14-19H2,1H3. The molecule has 1 aromatic heterocycles. The number of carbonyl (C=O) groups is 1. The summed E-state index contributed by atoms with van der Waals surface area (Å²) < 4.78 is 1.90. The molecule has 2 aromatic carbocycles. The number of hydrogen-bond donors (Lipinski definition) is 0. The molecule has 0 aliphatic carbocycles. The van der Waals surface area contributed by atoms with Gasteiger partial charge in [0.25, 0.3) is 0 Å². The minimum Gasteiger partial charge on any atom is -0.339 e. The number of carbonyl (C=O) groups excluding carboxylic acids is 1. The van der Waals surface area contributed by atoms with Crippen LogP contribution in [-0.4, -0.2) is 62.1 Å². The van der Waals surface area contributed by atoms with E-state index in [9.17, 15) is 4.79 Å². The minimum atomic E-state index is -0.268. The molecule has 7 heteroatoms. The molecule has 7 nitrogen and oxygen atoms in total. The predicted octanol–water partition coefficient (Wildman–Crippen LogP) is 2.95. The maximum absolute atomic E-state index is 13.6. The first kappa shape index (κ1) is 21.2. The van der Waals surface area contributed by atoms with Gasteiger partial charge in [0.05, 0.1) is 12.5 Å². The maximum atomic E-state index is 13.6. The van der Waals surface area contributed by atoms with E-state index in [4.69, 9.17) is 0 Å². The van der Waals surface area contributed by atoms with Crippen LogP contribution in [0.1, 0.15) is 42.6 Å². The predicted molar refractivity (Wildman–Crippen MR) is 119 cm³/mol. The second kappa shape index (κ2) is 10.3. The van der Waals surface area contributed by atoms with Crippen molar-refractivity contribution in [2.24, 2.45) is 0 Å². The van der Waals surface area contributed by atoms with Crippen LogP contribution in [0, 0.1) is 0 Å². The van der Waals surface area contributed by atoms with Crippen LogP contribution in [0.2, 0.25) is 0 Å². The monoisotopic (exact) mass is 418 g/mol. The van der Waals surface area contributed by atoms with E-state index >= 15 is 0 Å². The van der Waals surface area contributed by atoms with Crippen molar-refractivity contribution in [3.8, 4) is 0 Å². The summed E-state index contributed by atoms with van der Waals surface area (Å²) in [6.45, 7) is 6.81. The van der Waals surface area contributed by atoms with Crippen molar-refractivity contribution >= 4 is 5.91 Å². The lowest BCUT2D eigenvalue weighted by molar-refractivity contribution is -0.133. The Hall–Kier alpha value is -3.06. The summed E-state index contributed by atoms with van der Waals surface area (Å²) in [6, 6.07) is 20.1. The van der Waals surface area contributed by atoms with E-state index in [2.05, 4.69) is 27.3 Å². The lowest BCUT2D eigenvalue weighted by atomic mass is 9.90. The first-order valence-corrected chi connectivity index (χ1v) is 11.1. The molecule has 1 aliphatic heterocycles. The average Bonchev–Trinajstić information content (AvgIpc) is 3.26. The zero-order valence-corrected chi connectivity index (χ0v) is 18.1. The van der Waals surface area contributed by atoms with E-state index in [-0.39, 0.29) is 11.8 Å². The molecule has 0 unspecified atom stereocenters. The summed E-state index contributed by atoms with van der Waals surface area (Å²) >= 11 is 0. The van der Waals surface area contributed by atoms with Gasteiger partial charge >= 0.3 is 0 Å². The normalized spacial score (nSPS) is 14.8. The van der Waals surface area contributed by atoms with Crippen LogP contribution in [0.15, 0.2) is 60.7 Å². The van der Waals surface area contributed by atoms with Gasteiger partial charge in [-0.3, -0.25) is 9.69 Å². The number of aromatic nitrogens is 4. The van der Waals surface area contributed by atoms with Crippen LogP contribution in [0.3, 0.4) is 0 Å².